The van der Waals surface area contributed by atoms with Gasteiger partial charge in [-0.25, -0.2) is 4.52 Å². The lowest BCUT2D eigenvalue weighted by Gasteiger charge is -2.21. The maximum Gasteiger partial charge on any atom is 0.296 e. The molecule has 4 aromatic rings. The molecule has 32 heavy (non-hydrogen) atoms. The van der Waals surface area contributed by atoms with Gasteiger partial charge in [0.15, 0.2) is 0 Å². The van der Waals surface area contributed by atoms with Crippen LogP contribution >= 0.6 is 11.6 Å². The summed E-state index contributed by atoms with van der Waals surface area (Å²) in [6.45, 7) is 2.34. The number of aryl methyl sites for hydroxylation is 1. The molecule has 1 amide bonds. The second kappa shape index (κ2) is 8.39. The molecule has 2 aromatic carbocycles. The van der Waals surface area contributed by atoms with Gasteiger partial charge >= 0.3 is 0 Å². The van der Waals surface area contributed by atoms with Crippen LogP contribution in [-0.2, 0) is 6.54 Å². The fraction of sp³-hybridized carbons (Fsp3) is 0.333. The Morgan fingerprint density at radius 2 is 1.84 bits per heavy atom. The normalized spacial score (nSPS) is 14.8. The quantitative estimate of drug-likeness (QED) is 0.508. The van der Waals surface area contributed by atoms with Gasteiger partial charge in [-0.1, -0.05) is 49.1 Å². The minimum Gasteiger partial charge on any atom is -0.347 e. The van der Waals surface area contributed by atoms with Crippen molar-refractivity contribution in [1.82, 2.24) is 24.5 Å². The molecule has 2 aromatic heterocycles. The van der Waals surface area contributed by atoms with Crippen molar-refractivity contribution in [2.75, 3.05) is 0 Å². The van der Waals surface area contributed by atoms with Crippen LogP contribution in [0.4, 0.5) is 0 Å². The Bertz CT molecular complexity index is 1370. The molecule has 0 spiro atoms. The maximum absolute atomic E-state index is 13.4. The van der Waals surface area contributed by atoms with E-state index in [0.29, 0.717) is 11.6 Å². The van der Waals surface area contributed by atoms with Crippen LogP contribution in [0.1, 0.15) is 53.8 Å². The summed E-state index contributed by atoms with van der Waals surface area (Å²) in [5.41, 5.74) is 3.28. The molecule has 8 heteroatoms. The van der Waals surface area contributed by atoms with Crippen molar-refractivity contribution in [3.05, 3.63) is 74.8 Å². The Kier molecular flexibility index (Phi) is 5.43. The van der Waals surface area contributed by atoms with Crippen molar-refractivity contribution in [2.45, 2.75) is 51.6 Å². The molecule has 1 aliphatic carbocycles. The van der Waals surface area contributed by atoms with Crippen LogP contribution in [0.2, 0.25) is 5.02 Å². The van der Waals surface area contributed by atoms with Crippen molar-refractivity contribution in [2.24, 2.45) is 0 Å². The molecule has 5 rings (SSSR count). The van der Waals surface area contributed by atoms with E-state index in [-0.39, 0.29) is 29.0 Å². The van der Waals surface area contributed by atoms with E-state index in [1.165, 1.54) is 10.9 Å². The second-order valence-electron chi connectivity index (χ2n) is 8.49. The number of benzene rings is 2. The monoisotopic (exact) mass is 449 g/mol. The minimum absolute atomic E-state index is 0.0267. The van der Waals surface area contributed by atoms with E-state index >= 15 is 0 Å². The summed E-state index contributed by atoms with van der Waals surface area (Å²) in [4.78, 5) is 30.6. The zero-order valence-corrected chi connectivity index (χ0v) is 18.6. The molecule has 1 N–H and O–H groups in total. The molecule has 164 valence electrons. The highest BCUT2D eigenvalue weighted by Crippen LogP contribution is 2.20. The van der Waals surface area contributed by atoms with Crippen LogP contribution in [0, 0.1) is 6.92 Å². The number of fused-ring (bicyclic) bond motifs is 3. The van der Waals surface area contributed by atoms with Crippen LogP contribution < -0.4 is 10.9 Å². The Labute approximate surface area is 190 Å². The van der Waals surface area contributed by atoms with Crippen LogP contribution in [0.3, 0.4) is 0 Å². The number of hydrogen-bond donors (Lipinski definition) is 1. The van der Waals surface area contributed by atoms with E-state index in [0.717, 1.165) is 47.8 Å². The summed E-state index contributed by atoms with van der Waals surface area (Å²) in [6.07, 6.45) is 5.37. The summed E-state index contributed by atoms with van der Waals surface area (Å²) in [5, 5.41) is 8.10. The molecule has 1 fully saturated rings. The zero-order valence-electron chi connectivity index (χ0n) is 17.8. The first kappa shape index (κ1) is 20.7. The minimum atomic E-state index is -0.329. The molecule has 7 nitrogen and oxygen atoms in total. The third-order valence-electron chi connectivity index (χ3n) is 6.09. The Morgan fingerprint density at radius 1 is 1.09 bits per heavy atom. The highest BCUT2D eigenvalue weighted by Gasteiger charge is 2.22. The summed E-state index contributed by atoms with van der Waals surface area (Å²) >= 11 is 6.01. The standard InChI is InChI=1S/C24H24ClN5O2/c1-15-7-12-19-20(13-15)29(14-16-8-10-17(25)11-9-16)24(32)22-27-21(28-30(19)22)23(31)26-18-5-3-2-4-6-18/h7-13,18H,2-6,14H2,1H3,(H,26,31). The Balaban J connectivity index is 1.60. The first-order valence-corrected chi connectivity index (χ1v) is 11.3. The number of nitrogens with zero attached hydrogens (tertiary/aromatic N) is 4. The fourth-order valence-corrected chi connectivity index (χ4v) is 4.53. The van der Waals surface area contributed by atoms with E-state index in [9.17, 15) is 9.59 Å². The van der Waals surface area contributed by atoms with Gasteiger partial charge in [-0.2, -0.15) is 4.98 Å². The van der Waals surface area contributed by atoms with Crippen molar-refractivity contribution in [3.63, 3.8) is 0 Å². The topological polar surface area (TPSA) is 81.3 Å². The van der Waals surface area contributed by atoms with E-state index in [4.69, 9.17) is 11.6 Å². The molecule has 1 saturated carbocycles. The molecule has 2 heterocycles. The molecule has 0 saturated heterocycles. The molecular weight excluding hydrogens is 426 g/mol. The van der Waals surface area contributed by atoms with Crippen LogP contribution in [0.15, 0.2) is 47.3 Å². The van der Waals surface area contributed by atoms with Crippen molar-refractivity contribution < 1.29 is 4.79 Å². The SMILES string of the molecule is Cc1ccc2c(c1)n(Cc1ccc(Cl)cc1)c(=O)c1nc(C(=O)NC3CCCCC3)nn12. The van der Waals surface area contributed by atoms with E-state index < -0.39 is 0 Å². The summed E-state index contributed by atoms with van der Waals surface area (Å²) < 4.78 is 3.17. The molecule has 1 aliphatic rings. The van der Waals surface area contributed by atoms with Gasteiger partial charge < -0.3 is 5.32 Å². The van der Waals surface area contributed by atoms with Gasteiger partial charge in [-0.15, -0.1) is 5.10 Å². The molecule has 0 atom stereocenters. The Morgan fingerprint density at radius 3 is 2.59 bits per heavy atom. The summed E-state index contributed by atoms with van der Waals surface area (Å²) in [5.74, 6) is -0.302. The first-order chi connectivity index (χ1) is 15.5. The van der Waals surface area contributed by atoms with Gasteiger partial charge in [0.25, 0.3) is 11.5 Å². The van der Waals surface area contributed by atoms with E-state index in [2.05, 4.69) is 15.4 Å². The van der Waals surface area contributed by atoms with Gasteiger partial charge in [-0.05, 0) is 55.2 Å². The highest BCUT2D eigenvalue weighted by atomic mass is 35.5. The van der Waals surface area contributed by atoms with Gasteiger partial charge in [0.05, 0.1) is 17.6 Å². The lowest BCUT2D eigenvalue weighted by atomic mass is 9.95. The van der Waals surface area contributed by atoms with E-state index in [1.54, 1.807) is 16.7 Å². The largest absolute Gasteiger partial charge is 0.347 e. The molecule has 0 radical (unpaired) electrons. The third kappa shape index (κ3) is 3.88. The predicted molar refractivity (Wildman–Crippen MR) is 124 cm³/mol. The number of rotatable bonds is 4. The van der Waals surface area contributed by atoms with Gasteiger partial charge in [0.2, 0.25) is 11.5 Å². The van der Waals surface area contributed by atoms with Gasteiger partial charge in [0, 0.05) is 11.1 Å². The predicted octanol–water partition coefficient (Wildman–Crippen LogP) is 4.12. The third-order valence-corrected chi connectivity index (χ3v) is 6.34. The molecular formula is C24H24ClN5O2. The molecule has 0 unspecified atom stereocenters. The van der Waals surface area contributed by atoms with Crippen molar-refractivity contribution >= 4 is 34.2 Å². The van der Waals surface area contributed by atoms with Gasteiger partial charge in [0.1, 0.15) is 0 Å². The fourth-order valence-electron chi connectivity index (χ4n) is 4.40. The summed E-state index contributed by atoms with van der Waals surface area (Å²) in [6, 6.07) is 13.4. The number of amides is 1. The smallest absolute Gasteiger partial charge is 0.296 e. The van der Waals surface area contributed by atoms with Crippen LogP contribution in [0.5, 0.6) is 0 Å². The molecule has 0 bridgehead atoms. The van der Waals surface area contributed by atoms with Crippen molar-refractivity contribution in [3.8, 4) is 0 Å². The zero-order chi connectivity index (χ0) is 22.2. The van der Waals surface area contributed by atoms with Crippen LogP contribution in [0.25, 0.3) is 16.7 Å². The number of carbonyl (C=O) groups excluding carboxylic acids is 1. The van der Waals surface area contributed by atoms with E-state index in [1.807, 2.05) is 37.3 Å². The summed E-state index contributed by atoms with van der Waals surface area (Å²) in [7, 11) is 0. The lowest BCUT2D eigenvalue weighted by molar-refractivity contribution is 0.0917. The average Bonchev–Trinajstić information content (AvgIpc) is 3.24. The van der Waals surface area contributed by atoms with Gasteiger partial charge in [-0.3, -0.25) is 14.2 Å². The number of carbonyl (C=O) groups is 1. The Hall–Kier alpha value is -3.19. The number of hydrogen-bond acceptors (Lipinski definition) is 4. The maximum atomic E-state index is 13.4. The lowest BCUT2D eigenvalue weighted by Crippen LogP contribution is -2.36. The second-order valence-corrected chi connectivity index (χ2v) is 8.93. The number of halogens is 1. The number of nitrogens with one attached hydrogen (secondary N) is 1. The average molecular weight is 450 g/mol. The first-order valence-electron chi connectivity index (χ1n) is 10.9. The molecule has 0 aliphatic heterocycles. The van der Waals surface area contributed by atoms with Crippen LogP contribution in [-0.4, -0.2) is 31.1 Å². The number of aromatic nitrogens is 4. The van der Waals surface area contributed by atoms with Crippen molar-refractivity contribution in [1.29, 1.82) is 0 Å². The highest BCUT2D eigenvalue weighted by molar-refractivity contribution is 6.30.